The molecule has 0 bridgehead atoms. The zero-order valence-corrected chi connectivity index (χ0v) is 12.5. The number of rotatable bonds is 2. The first-order valence-electron chi connectivity index (χ1n) is 6.86. The molecule has 0 spiro atoms. The maximum atomic E-state index is 12.2. The molecule has 104 valence electrons. The Morgan fingerprint density at radius 3 is 2.95 bits per heavy atom. The summed E-state index contributed by atoms with van der Waals surface area (Å²) in [5.74, 6) is -0.0780. The van der Waals surface area contributed by atoms with Gasteiger partial charge < -0.3 is 5.32 Å². The summed E-state index contributed by atoms with van der Waals surface area (Å²) >= 11 is 1.44. The molecular weight excluding hydrogens is 268 g/mol. The van der Waals surface area contributed by atoms with E-state index in [-0.39, 0.29) is 17.4 Å². The van der Waals surface area contributed by atoms with E-state index in [2.05, 4.69) is 42.3 Å². The summed E-state index contributed by atoms with van der Waals surface area (Å²) in [7, 11) is 0. The van der Waals surface area contributed by atoms with E-state index in [9.17, 15) is 4.79 Å². The highest BCUT2D eigenvalue weighted by molar-refractivity contribution is 7.07. The van der Waals surface area contributed by atoms with Gasteiger partial charge in [-0.3, -0.25) is 4.79 Å². The van der Waals surface area contributed by atoms with Crippen molar-refractivity contribution < 1.29 is 4.79 Å². The lowest BCUT2D eigenvalue weighted by atomic mass is 9.71. The van der Waals surface area contributed by atoms with Crippen molar-refractivity contribution in [1.82, 2.24) is 10.3 Å². The third kappa shape index (κ3) is 2.36. The maximum absolute atomic E-state index is 12.2. The summed E-state index contributed by atoms with van der Waals surface area (Å²) in [6.07, 6.45) is 2.05. The summed E-state index contributed by atoms with van der Waals surface area (Å²) in [5, 5.41) is 4.91. The molecular formula is C16H18N2OS. The molecule has 0 saturated carbocycles. The predicted molar refractivity (Wildman–Crippen MR) is 81.0 cm³/mol. The number of carbonyl (C=O) groups is 1. The van der Waals surface area contributed by atoms with Gasteiger partial charge in [-0.05, 0) is 29.4 Å². The predicted octanol–water partition coefficient (Wildman–Crippen LogP) is 3.69. The van der Waals surface area contributed by atoms with E-state index in [0.29, 0.717) is 5.69 Å². The van der Waals surface area contributed by atoms with Crippen LogP contribution in [0, 0.1) is 0 Å². The number of aromatic nitrogens is 1. The number of amides is 1. The van der Waals surface area contributed by atoms with E-state index in [1.807, 2.05) is 6.07 Å². The first-order valence-corrected chi connectivity index (χ1v) is 7.81. The molecule has 0 radical (unpaired) electrons. The quantitative estimate of drug-likeness (QED) is 0.915. The van der Waals surface area contributed by atoms with E-state index in [4.69, 9.17) is 0 Å². The molecule has 0 aliphatic heterocycles. The number of nitrogens with zero attached hydrogens (tertiary/aromatic N) is 1. The van der Waals surface area contributed by atoms with E-state index in [0.717, 1.165) is 12.8 Å². The number of carbonyl (C=O) groups excluding carboxylic acids is 1. The molecule has 4 heteroatoms. The molecule has 0 saturated heterocycles. The molecule has 2 aromatic rings. The van der Waals surface area contributed by atoms with Crippen LogP contribution in [0.4, 0.5) is 0 Å². The molecule has 3 rings (SSSR count). The van der Waals surface area contributed by atoms with Crippen molar-refractivity contribution in [2.24, 2.45) is 0 Å². The number of nitrogens with one attached hydrogen (secondary N) is 1. The van der Waals surface area contributed by atoms with Gasteiger partial charge in [0.1, 0.15) is 5.69 Å². The minimum atomic E-state index is -0.0780. The average Bonchev–Trinajstić information content (AvgIpc) is 2.96. The van der Waals surface area contributed by atoms with Crippen molar-refractivity contribution in [3.63, 3.8) is 0 Å². The lowest BCUT2D eigenvalue weighted by Gasteiger charge is -2.37. The van der Waals surface area contributed by atoms with Crippen LogP contribution < -0.4 is 5.32 Å². The maximum Gasteiger partial charge on any atom is 0.271 e. The van der Waals surface area contributed by atoms with Crippen molar-refractivity contribution in [2.75, 3.05) is 0 Å². The van der Waals surface area contributed by atoms with Gasteiger partial charge in [-0.15, -0.1) is 11.3 Å². The summed E-state index contributed by atoms with van der Waals surface area (Å²) < 4.78 is 0. The molecule has 1 amide bonds. The highest BCUT2D eigenvalue weighted by Gasteiger charge is 2.33. The minimum absolute atomic E-state index is 0.0780. The molecule has 1 aliphatic carbocycles. The van der Waals surface area contributed by atoms with Crippen LogP contribution in [0.1, 0.15) is 54.3 Å². The molecule has 1 aliphatic rings. The van der Waals surface area contributed by atoms with Crippen LogP contribution in [0.25, 0.3) is 0 Å². The van der Waals surface area contributed by atoms with E-state index < -0.39 is 0 Å². The molecule has 3 nitrogen and oxygen atoms in total. The van der Waals surface area contributed by atoms with Crippen LogP contribution in [0.15, 0.2) is 35.2 Å². The number of fused-ring (bicyclic) bond motifs is 1. The minimum Gasteiger partial charge on any atom is -0.344 e. The Bertz CT molecular complexity index is 619. The van der Waals surface area contributed by atoms with Crippen molar-refractivity contribution in [3.8, 4) is 0 Å². The van der Waals surface area contributed by atoms with Gasteiger partial charge in [0.15, 0.2) is 0 Å². The Morgan fingerprint density at radius 1 is 1.40 bits per heavy atom. The summed E-state index contributed by atoms with van der Waals surface area (Å²) in [5.41, 5.74) is 4.96. The lowest BCUT2D eigenvalue weighted by molar-refractivity contribution is 0.0925. The van der Waals surface area contributed by atoms with Gasteiger partial charge in [0, 0.05) is 5.38 Å². The Hall–Kier alpha value is -1.68. The Labute approximate surface area is 123 Å². The molecule has 1 aromatic heterocycles. The summed E-state index contributed by atoms with van der Waals surface area (Å²) in [6.45, 7) is 4.54. The van der Waals surface area contributed by atoms with Gasteiger partial charge in [0.25, 0.3) is 5.91 Å². The molecule has 1 N–H and O–H groups in total. The van der Waals surface area contributed by atoms with Crippen molar-refractivity contribution in [3.05, 3.63) is 52.0 Å². The number of benzene rings is 1. The van der Waals surface area contributed by atoms with Gasteiger partial charge in [0.05, 0.1) is 11.6 Å². The second kappa shape index (κ2) is 5.02. The van der Waals surface area contributed by atoms with Gasteiger partial charge in [-0.1, -0.05) is 38.1 Å². The number of hydrogen-bond donors (Lipinski definition) is 1. The van der Waals surface area contributed by atoms with Crippen LogP contribution in [-0.2, 0) is 5.41 Å². The van der Waals surface area contributed by atoms with E-state index in [1.165, 1.54) is 22.5 Å². The molecule has 1 heterocycles. The lowest BCUT2D eigenvalue weighted by Crippen LogP contribution is -2.35. The topological polar surface area (TPSA) is 42.0 Å². The normalized spacial score (nSPS) is 20.2. The fourth-order valence-corrected chi connectivity index (χ4v) is 3.45. The number of hydrogen-bond acceptors (Lipinski definition) is 3. The summed E-state index contributed by atoms with van der Waals surface area (Å²) in [6, 6.07) is 8.51. The zero-order chi connectivity index (χ0) is 14.2. The largest absolute Gasteiger partial charge is 0.344 e. The van der Waals surface area contributed by atoms with Crippen molar-refractivity contribution in [2.45, 2.75) is 38.1 Å². The molecule has 20 heavy (non-hydrogen) atoms. The summed E-state index contributed by atoms with van der Waals surface area (Å²) in [4.78, 5) is 16.3. The van der Waals surface area contributed by atoms with Gasteiger partial charge in [-0.25, -0.2) is 4.98 Å². The highest BCUT2D eigenvalue weighted by Crippen LogP contribution is 2.41. The van der Waals surface area contributed by atoms with Crippen molar-refractivity contribution in [1.29, 1.82) is 0 Å². The van der Waals surface area contributed by atoms with E-state index >= 15 is 0 Å². The van der Waals surface area contributed by atoms with Crippen LogP contribution in [0.2, 0.25) is 0 Å². The average molecular weight is 286 g/mol. The molecule has 1 unspecified atom stereocenters. The fourth-order valence-electron chi connectivity index (χ4n) is 2.92. The van der Waals surface area contributed by atoms with E-state index in [1.54, 1.807) is 10.9 Å². The highest BCUT2D eigenvalue weighted by atomic mass is 32.1. The third-order valence-electron chi connectivity index (χ3n) is 4.09. The van der Waals surface area contributed by atoms with Crippen LogP contribution in [0.5, 0.6) is 0 Å². The molecule has 1 aromatic carbocycles. The Balaban J connectivity index is 1.87. The van der Waals surface area contributed by atoms with Gasteiger partial charge in [0.2, 0.25) is 0 Å². The molecule has 1 atom stereocenters. The second-order valence-corrected chi connectivity index (χ2v) is 6.63. The molecule has 0 fully saturated rings. The smallest absolute Gasteiger partial charge is 0.271 e. The van der Waals surface area contributed by atoms with Gasteiger partial charge in [-0.2, -0.15) is 0 Å². The van der Waals surface area contributed by atoms with Crippen LogP contribution in [-0.4, -0.2) is 10.9 Å². The standard InChI is InChI=1S/C16H18N2OS/c1-16(2)8-7-13(11-5-3-4-6-12(11)16)18-15(19)14-9-20-10-17-14/h3-6,9-10,13H,7-8H2,1-2H3,(H,18,19). The Kier molecular flexibility index (Phi) is 3.34. The second-order valence-electron chi connectivity index (χ2n) is 5.91. The SMILES string of the molecule is CC1(C)CCC(NC(=O)c2cscn2)c2ccccc21. The van der Waals surface area contributed by atoms with Crippen molar-refractivity contribution >= 4 is 17.2 Å². The Morgan fingerprint density at radius 2 is 2.20 bits per heavy atom. The van der Waals surface area contributed by atoms with Crippen LogP contribution in [0.3, 0.4) is 0 Å². The zero-order valence-electron chi connectivity index (χ0n) is 11.7. The fraction of sp³-hybridized carbons (Fsp3) is 0.375. The third-order valence-corrected chi connectivity index (χ3v) is 4.68. The van der Waals surface area contributed by atoms with Crippen LogP contribution >= 0.6 is 11.3 Å². The number of thiazole rings is 1. The first-order chi connectivity index (χ1) is 9.58. The monoisotopic (exact) mass is 286 g/mol. The van der Waals surface area contributed by atoms with Gasteiger partial charge >= 0.3 is 0 Å². The first kappa shape index (κ1) is 13.3.